The zero-order valence-electron chi connectivity index (χ0n) is 60.6. The van der Waals surface area contributed by atoms with E-state index in [1.807, 2.05) is 106 Å². The molecule has 24 heteroatoms. The Kier molecular flexibility index (Phi) is 31.2. The van der Waals surface area contributed by atoms with Gasteiger partial charge in [-0.15, -0.1) is 0 Å². The fraction of sp³-hybridized carbons (Fsp3) is 0.750. The number of likely N-dealkylation sites (N-methyl/N-ethyl adjacent to an activating group) is 1. The van der Waals surface area contributed by atoms with Crippen molar-refractivity contribution in [3.05, 3.63) is 71.3 Å². The predicted octanol–water partition coefficient (Wildman–Crippen LogP) is 3.49. The molecule has 24 nitrogen and oxygen atoms in total. The second-order valence-corrected chi connectivity index (χ2v) is 29.4. The summed E-state index contributed by atoms with van der Waals surface area (Å²) < 4.78 is 38.5. The number of benzene rings is 2. The van der Waals surface area contributed by atoms with E-state index >= 15 is 4.79 Å². The number of cyclic esters (lactones) is 1. The van der Waals surface area contributed by atoms with Crippen LogP contribution in [0.1, 0.15) is 165 Å². The summed E-state index contributed by atoms with van der Waals surface area (Å²) in [4.78, 5) is 78.1. The van der Waals surface area contributed by atoms with Gasteiger partial charge in [-0.05, 0) is 142 Å². The van der Waals surface area contributed by atoms with Gasteiger partial charge in [-0.2, -0.15) is 4.90 Å². The second-order valence-electron chi connectivity index (χ2n) is 29.4. The van der Waals surface area contributed by atoms with E-state index in [1.54, 1.807) is 55.4 Å². The third-order valence-electron chi connectivity index (χ3n) is 19.7. The van der Waals surface area contributed by atoms with Gasteiger partial charge in [0.15, 0.2) is 19.1 Å². The maximum atomic E-state index is 15.3. The number of esters is 1. The third kappa shape index (κ3) is 22.7. The van der Waals surface area contributed by atoms with Gasteiger partial charge in [0.05, 0.1) is 67.1 Å². The molecule has 19 unspecified atom stereocenters. The van der Waals surface area contributed by atoms with E-state index in [0.29, 0.717) is 25.2 Å². The first-order valence-electron chi connectivity index (χ1n) is 34.8. The summed E-state index contributed by atoms with van der Waals surface area (Å²) in [5.74, 6) is -5.91. The number of hydrogen-bond acceptors (Lipinski definition) is 18. The highest BCUT2D eigenvalue weighted by Crippen LogP contribution is 2.41. The Morgan fingerprint density at radius 3 is 2.07 bits per heavy atom. The van der Waals surface area contributed by atoms with Gasteiger partial charge in [0.1, 0.15) is 36.1 Å². The van der Waals surface area contributed by atoms with E-state index < -0.39 is 145 Å². The summed E-state index contributed by atoms with van der Waals surface area (Å²) in [5.41, 5.74) is -2.26. The van der Waals surface area contributed by atoms with Gasteiger partial charge in [-0.1, -0.05) is 103 Å². The van der Waals surface area contributed by atoms with E-state index in [9.17, 15) is 49.8 Å². The van der Waals surface area contributed by atoms with E-state index in [4.69, 9.17) is 28.4 Å². The number of amides is 3. The van der Waals surface area contributed by atoms with Gasteiger partial charge in [0.25, 0.3) is 0 Å². The number of ether oxygens (including phenoxy) is 6. The third-order valence-corrected chi connectivity index (χ3v) is 19.7. The van der Waals surface area contributed by atoms with Crippen LogP contribution in [0.25, 0.3) is 0 Å². The number of carboxylic acid groups (broad SMARTS) is 1. The summed E-state index contributed by atoms with van der Waals surface area (Å²) >= 11 is 0. The van der Waals surface area contributed by atoms with Crippen LogP contribution in [0.5, 0.6) is 0 Å². The number of aliphatic carboxylic acids is 1. The Labute approximate surface area is 570 Å². The second kappa shape index (κ2) is 36.7. The molecular formula is C72H120N7O17+. The predicted molar refractivity (Wildman–Crippen MR) is 364 cm³/mol. The van der Waals surface area contributed by atoms with Gasteiger partial charge >= 0.3 is 23.8 Å². The van der Waals surface area contributed by atoms with E-state index in [-0.39, 0.29) is 81.8 Å². The fourth-order valence-corrected chi connectivity index (χ4v) is 13.9. The molecule has 3 saturated heterocycles. The average Bonchev–Trinajstić information content (AvgIpc) is 0.982. The summed E-state index contributed by atoms with van der Waals surface area (Å²) in [7, 11) is 5.19. The summed E-state index contributed by atoms with van der Waals surface area (Å²) in [5, 5.41) is 80.4. The topological polar surface area (TPSA) is 322 Å². The van der Waals surface area contributed by atoms with Crippen LogP contribution in [0.15, 0.2) is 54.6 Å². The minimum Gasteiger partial charge on any atom is -0.479 e. The minimum absolute atomic E-state index is 0.0443. The van der Waals surface area contributed by atoms with Crippen LogP contribution in [0.3, 0.4) is 0 Å². The molecule has 3 aliphatic heterocycles. The van der Waals surface area contributed by atoms with E-state index in [1.165, 1.54) is 18.9 Å². The van der Waals surface area contributed by atoms with Gasteiger partial charge in [-0.3, -0.25) is 34.4 Å². The van der Waals surface area contributed by atoms with Crippen molar-refractivity contribution in [3.63, 3.8) is 0 Å². The van der Waals surface area contributed by atoms with Crippen molar-refractivity contribution < 1.29 is 88.0 Å². The van der Waals surface area contributed by atoms with E-state index in [2.05, 4.69) is 34.8 Å². The molecule has 96 heavy (non-hydrogen) atoms. The number of carbonyl (C=O) groups is 5. The lowest BCUT2D eigenvalue weighted by Gasteiger charge is -2.48. The van der Waals surface area contributed by atoms with Crippen molar-refractivity contribution in [1.29, 1.82) is 0 Å². The van der Waals surface area contributed by atoms with Gasteiger partial charge in [0, 0.05) is 51.0 Å². The SMILES string of the molecule is CCC1OC(=O)C(C)C(OC2CC(C)(OC)C(O)C(C)O2)C(C)C(OC2OC(C)CC(N(C)C)C2O)C(C)(O)CC(C)CN(CCCNC(=[NH+]CC(=O)O)N(CCC(C)C)C(=O)C(Cc2ccccc2)NC(=O)CNC(=O)[C@H](C)c2ccc(CC(C)C)cc2)C(C)C(O)C1(C)O. The molecule has 3 aliphatic rings. The number of aliphatic hydroxyl groups excluding tert-OH is 3. The van der Waals surface area contributed by atoms with E-state index in [0.717, 1.165) is 23.1 Å². The number of hydrogen-bond donors (Lipinski definition) is 10. The van der Waals surface area contributed by atoms with Crippen molar-refractivity contribution in [2.75, 3.05) is 60.5 Å². The number of methoxy groups -OCH3 is 1. The minimum atomic E-state index is -2.05. The molecule has 5 rings (SSSR count). The lowest BCUT2D eigenvalue weighted by Crippen LogP contribution is -2.82. The van der Waals surface area contributed by atoms with Crippen molar-refractivity contribution in [2.45, 2.75) is 257 Å². The zero-order valence-corrected chi connectivity index (χ0v) is 60.6. The molecule has 0 aliphatic carbocycles. The number of nitrogens with one attached hydrogen (secondary N) is 4. The molecule has 10 N–H and O–H groups in total. The lowest BCUT2D eigenvalue weighted by molar-refractivity contribution is -0.454. The molecule has 0 bridgehead atoms. The molecule has 0 radical (unpaired) electrons. The molecule has 2 aromatic rings. The Hall–Kier alpha value is -5.22. The zero-order chi connectivity index (χ0) is 71.7. The summed E-state index contributed by atoms with van der Waals surface area (Å²) in [6, 6.07) is 14.6. The molecule has 0 saturated carbocycles. The maximum Gasteiger partial charge on any atom is 0.353 e. The molecule has 3 amide bonds. The van der Waals surface area contributed by atoms with Crippen molar-refractivity contribution in [2.24, 2.45) is 29.6 Å². The van der Waals surface area contributed by atoms with Crippen molar-refractivity contribution in [3.8, 4) is 0 Å². The molecule has 3 fully saturated rings. The summed E-state index contributed by atoms with van der Waals surface area (Å²) in [6.07, 6.45) is -8.39. The Morgan fingerprint density at radius 2 is 1.48 bits per heavy atom. The summed E-state index contributed by atoms with van der Waals surface area (Å²) in [6.45, 7) is 26.9. The van der Waals surface area contributed by atoms with Gasteiger partial charge in [-0.25, -0.2) is 4.79 Å². The highest BCUT2D eigenvalue weighted by atomic mass is 16.7. The number of nitrogens with zero attached hydrogens (tertiary/aromatic N) is 3. The first kappa shape index (κ1) is 81.5. The van der Waals surface area contributed by atoms with Crippen LogP contribution in [0.2, 0.25) is 0 Å². The van der Waals surface area contributed by atoms with Crippen molar-refractivity contribution in [1.82, 2.24) is 30.7 Å². The first-order chi connectivity index (χ1) is 44.9. The fourth-order valence-electron chi connectivity index (χ4n) is 13.9. The molecule has 544 valence electrons. The Balaban J connectivity index is 1.48. The van der Waals surface area contributed by atoms with Crippen LogP contribution in [0.4, 0.5) is 0 Å². The number of aliphatic hydroxyl groups is 5. The molecule has 0 spiro atoms. The number of carboxylic acids is 1. The Morgan fingerprint density at radius 1 is 0.833 bits per heavy atom. The maximum absolute atomic E-state index is 15.3. The van der Waals surface area contributed by atoms with Crippen LogP contribution in [-0.2, 0) is 65.2 Å². The van der Waals surface area contributed by atoms with Crippen LogP contribution in [-0.4, -0.2) is 238 Å². The first-order valence-corrected chi connectivity index (χ1v) is 34.8. The van der Waals surface area contributed by atoms with Gasteiger partial charge < -0.3 is 74.6 Å². The van der Waals surface area contributed by atoms with Crippen molar-refractivity contribution >= 4 is 35.6 Å². The number of guanidine groups is 1. The average molecular weight is 1360 g/mol. The highest BCUT2D eigenvalue weighted by Gasteiger charge is 2.53. The molecular weight excluding hydrogens is 1230 g/mol. The molecule has 0 aromatic heterocycles. The van der Waals surface area contributed by atoms with Crippen LogP contribution in [0, 0.1) is 29.6 Å². The smallest absolute Gasteiger partial charge is 0.353 e. The molecule has 3 heterocycles. The number of rotatable bonds is 26. The highest BCUT2D eigenvalue weighted by molar-refractivity contribution is 5.99. The lowest BCUT2D eigenvalue weighted by atomic mass is 9.77. The normalized spacial score (nSPS) is 33.0. The number of carbonyl (C=O) groups excluding carboxylic acids is 4. The van der Waals surface area contributed by atoms with Crippen LogP contribution >= 0.6 is 0 Å². The van der Waals surface area contributed by atoms with Gasteiger partial charge in [0.2, 0.25) is 11.8 Å². The molecule has 2 aromatic carbocycles. The monoisotopic (exact) mass is 1350 g/mol. The Bertz CT molecular complexity index is 2790. The largest absolute Gasteiger partial charge is 0.479 e. The quantitative estimate of drug-likeness (QED) is 0.0279. The standard InChI is InChI=1S/C72H119N7O17/c1-19-56-72(15,90)62(84)49(11)78(41-44(6)37-70(13,89)64(96-68-60(83)55(77(16)17)35-45(7)92-68)47(9)61(48(10)67(88)94-56)95-59-38-71(14,91-18)63(85)50(12)93-59)32-23-31-73-69(75-40-58(81)82)79(33-30-42(2)3)66(87)54(36-51-24-21-20-22-25-51)76-57(80)39-74-65(86)46(8)53-28-26-52(27-29-53)34-43(4)5/h20-22,24-29,42-50,54-56,59-64,68,83-85,89-90H,19,23,30-41H2,1-18H3,(H,73,75)(H,74,86)(H,76,80)(H,81,82)/p+1/t44?,45?,46-,47?,48?,49?,50?,54?,55?,56?,59?,60?,61?,62?,63?,64?,68?,70?,71?,72?/m1/s1. The van der Waals surface area contributed by atoms with Crippen LogP contribution < -0.4 is 20.9 Å². The molecule has 20 atom stereocenters.